The van der Waals surface area contributed by atoms with Crippen LogP contribution in [0, 0.1) is 18.2 Å². The summed E-state index contributed by atoms with van der Waals surface area (Å²) in [5.74, 6) is -0.0305. The van der Waals surface area contributed by atoms with E-state index in [4.69, 9.17) is 6.42 Å². The molecule has 2 rings (SSSR count). The van der Waals surface area contributed by atoms with Crippen molar-refractivity contribution in [3.05, 3.63) is 59.4 Å². The molecule has 0 bridgehead atoms. The molecule has 5 nitrogen and oxygen atoms in total. The van der Waals surface area contributed by atoms with Gasteiger partial charge in [-0.3, -0.25) is 9.10 Å². The molecule has 0 saturated carbocycles. The lowest BCUT2D eigenvalue weighted by molar-refractivity contribution is -0.140. The number of nitrogens with one attached hydrogen (secondary N) is 1. The molecule has 0 unspecified atom stereocenters. The highest BCUT2D eigenvalue weighted by atomic mass is 32.2. The van der Waals surface area contributed by atoms with Crippen molar-refractivity contribution in [2.45, 2.75) is 11.1 Å². The Hall–Kier alpha value is -3.06. The number of alkyl halides is 3. The van der Waals surface area contributed by atoms with Crippen molar-refractivity contribution in [3.8, 4) is 12.3 Å². The quantitative estimate of drug-likeness (QED) is 0.605. The number of benzene rings is 2. The molecule has 0 aliphatic rings. The minimum atomic E-state index is -5.09. The molecular weight excluding hydrogens is 400 g/mol. The third-order valence-corrected chi connectivity index (χ3v) is 5.47. The Morgan fingerprint density at radius 2 is 1.89 bits per heavy atom. The van der Waals surface area contributed by atoms with Gasteiger partial charge in [-0.1, -0.05) is 12.0 Å². The van der Waals surface area contributed by atoms with Gasteiger partial charge in [-0.15, -0.1) is 6.42 Å². The fraction of sp³-hybridized carbons (Fsp3) is 0.167. The maximum atomic E-state index is 13.5. The van der Waals surface area contributed by atoms with Crippen LogP contribution in [0.15, 0.2) is 47.4 Å². The molecular formula is C18H14F4N2O3S. The molecule has 2 aromatic rings. The molecule has 0 aliphatic heterocycles. The molecule has 1 N–H and O–H groups in total. The van der Waals surface area contributed by atoms with E-state index in [1.54, 1.807) is 0 Å². The van der Waals surface area contributed by atoms with Crippen LogP contribution in [-0.4, -0.2) is 27.9 Å². The first kappa shape index (κ1) is 21.2. The molecule has 0 radical (unpaired) electrons. The van der Waals surface area contributed by atoms with Gasteiger partial charge in [-0.2, -0.15) is 13.2 Å². The fourth-order valence-electron chi connectivity index (χ4n) is 2.28. The van der Waals surface area contributed by atoms with Crippen LogP contribution in [0.1, 0.15) is 11.1 Å². The number of nitrogens with zero attached hydrogens (tertiary/aromatic N) is 1. The second-order valence-corrected chi connectivity index (χ2v) is 7.38. The maximum absolute atomic E-state index is 13.5. The first-order valence-electron chi connectivity index (χ1n) is 7.67. The minimum Gasteiger partial charge on any atom is -0.358 e. The molecule has 0 aliphatic carbocycles. The molecule has 1 amide bonds. The number of terminal acetylenes is 1. The number of amides is 1. The smallest absolute Gasteiger partial charge is 0.358 e. The Morgan fingerprint density at radius 1 is 1.21 bits per heavy atom. The average molecular weight is 414 g/mol. The molecule has 0 aromatic heterocycles. The molecule has 0 saturated heterocycles. The Morgan fingerprint density at radius 3 is 2.46 bits per heavy atom. The van der Waals surface area contributed by atoms with E-state index in [1.807, 2.05) is 0 Å². The summed E-state index contributed by atoms with van der Waals surface area (Å²) >= 11 is 0. The standard InChI is InChI=1S/C18H14F4N2O3S/c1-3-12-5-4-6-13(9-12)24(11-17(25)23-2)28(26,27)14-7-8-16(19)15(10-14)18(20,21)22/h1,4-10H,11H2,2H3,(H,23,25). The zero-order chi connectivity index (χ0) is 21.1. The summed E-state index contributed by atoms with van der Waals surface area (Å²) in [4.78, 5) is 11.0. The van der Waals surface area contributed by atoms with E-state index in [1.165, 1.54) is 31.3 Å². The SMILES string of the molecule is C#Cc1cccc(N(CC(=O)NC)S(=O)(=O)c2ccc(F)c(C(F)(F)F)c2)c1. The molecule has 148 valence electrons. The number of halogens is 4. The van der Waals surface area contributed by atoms with Crippen molar-refractivity contribution in [3.63, 3.8) is 0 Å². The lowest BCUT2D eigenvalue weighted by atomic mass is 10.2. The first-order chi connectivity index (χ1) is 13.0. The van der Waals surface area contributed by atoms with Crippen molar-refractivity contribution in [1.82, 2.24) is 5.32 Å². The molecule has 0 fully saturated rings. The second kappa shape index (κ2) is 7.90. The highest BCUT2D eigenvalue weighted by molar-refractivity contribution is 7.92. The average Bonchev–Trinajstić information content (AvgIpc) is 2.64. The highest BCUT2D eigenvalue weighted by Crippen LogP contribution is 2.34. The Labute approximate surface area is 159 Å². The number of carbonyl (C=O) groups excluding carboxylic acids is 1. The normalized spacial score (nSPS) is 11.6. The molecule has 10 heteroatoms. The summed E-state index contributed by atoms with van der Waals surface area (Å²) in [6.45, 7) is -0.717. The Balaban J connectivity index is 2.65. The van der Waals surface area contributed by atoms with Crippen LogP contribution in [0.4, 0.5) is 23.2 Å². The predicted molar refractivity (Wildman–Crippen MR) is 94.4 cm³/mol. The summed E-state index contributed by atoms with van der Waals surface area (Å²) in [5, 5.41) is 2.24. The molecule has 28 heavy (non-hydrogen) atoms. The van der Waals surface area contributed by atoms with Crippen molar-refractivity contribution < 1.29 is 30.8 Å². The third-order valence-electron chi connectivity index (χ3n) is 3.70. The van der Waals surface area contributed by atoms with Crippen LogP contribution >= 0.6 is 0 Å². The van der Waals surface area contributed by atoms with Gasteiger partial charge in [0.2, 0.25) is 5.91 Å². The van der Waals surface area contributed by atoms with Gasteiger partial charge in [0, 0.05) is 12.6 Å². The predicted octanol–water partition coefficient (Wildman–Crippen LogP) is 2.77. The highest BCUT2D eigenvalue weighted by Gasteiger charge is 2.36. The summed E-state index contributed by atoms with van der Waals surface area (Å²) < 4.78 is 79.0. The zero-order valence-electron chi connectivity index (χ0n) is 14.4. The van der Waals surface area contributed by atoms with Gasteiger partial charge < -0.3 is 5.32 Å². The van der Waals surface area contributed by atoms with Gasteiger partial charge in [0.15, 0.2) is 0 Å². The molecule has 0 atom stereocenters. The fourth-order valence-corrected chi connectivity index (χ4v) is 3.72. The van der Waals surface area contributed by atoms with E-state index < -0.39 is 44.9 Å². The zero-order valence-corrected chi connectivity index (χ0v) is 15.2. The van der Waals surface area contributed by atoms with E-state index >= 15 is 0 Å². The van der Waals surface area contributed by atoms with Crippen molar-refractivity contribution in [1.29, 1.82) is 0 Å². The third kappa shape index (κ3) is 4.43. The van der Waals surface area contributed by atoms with Crippen molar-refractivity contribution >= 4 is 21.6 Å². The number of carbonyl (C=O) groups is 1. The van der Waals surface area contributed by atoms with Gasteiger partial charge in [-0.25, -0.2) is 12.8 Å². The van der Waals surface area contributed by atoms with E-state index in [2.05, 4.69) is 11.2 Å². The number of hydrogen-bond acceptors (Lipinski definition) is 3. The maximum Gasteiger partial charge on any atom is 0.419 e. The Bertz CT molecular complexity index is 1040. The lowest BCUT2D eigenvalue weighted by Crippen LogP contribution is -2.39. The summed E-state index contributed by atoms with van der Waals surface area (Å²) in [7, 11) is -3.38. The number of rotatable bonds is 5. The minimum absolute atomic E-state index is 0.0306. The van der Waals surface area contributed by atoms with Gasteiger partial charge in [0.1, 0.15) is 12.4 Å². The number of hydrogen-bond donors (Lipinski definition) is 1. The van der Waals surface area contributed by atoms with Gasteiger partial charge >= 0.3 is 6.18 Å². The van der Waals surface area contributed by atoms with Gasteiger partial charge in [0.25, 0.3) is 10.0 Å². The van der Waals surface area contributed by atoms with Crippen LogP contribution in [0.3, 0.4) is 0 Å². The van der Waals surface area contributed by atoms with Crippen LogP contribution in [-0.2, 0) is 21.0 Å². The summed E-state index contributed by atoms with van der Waals surface area (Å²) in [6, 6.07) is 6.85. The van der Waals surface area contributed by atoms with Crippen LogP contribution in [0.5, 0.6) is 0 Å². The van der Waals surface area contributed by atoms with Crippen LogP contribution in [0.2, 0.25) is 0 Å². The van der Waals surface area contributed by atoms with E-state index in [9.17, 15) is 30.8 Å². The van der Waals surface area contributed by atoms with E-state index in [0.717, 1.165) is 0 Å². The topological polar surface area (TPSA) is 66.5 Å². The van der Waals surface area contributed by atoms with Gasteiger partial charge in [-0.05, 0) is 36.4 Å². The number of likely N-dealkylation sites (N-methyl/N-ethyl adjacent to an activating group) is 1. The second-order valence-electron chi connectivity index (χ2n) is 5.52. The first-order valence-corrected chi connectivity index (χ1v) is 9.11. The largest absolute Gasteiger partial charge is 0.419 e. The molecule has 0 heterocycles. The van der Waals surface area contributed by atoms with E-state index in [-0.39, 0.29) is 11.8 Å². The van der Waals surface area contributed by atoms with Crippen LogP contribution < -0.4 is 9.62 Å². The lowest BCUT2D eigenvalue weighted by Gasteiger charge is -2.24. The summed E-state index contributed by atoms with van der Waals surface area (Å²) in [5.41, 5.74) is -1.47. The van der Waals surface area contributed by atoms with E-state index in [0.29, 0.717) is 22.0 Å². The molecule has 2 aromatic carbocycles. The monoisotopic (exact) mass is 414 g/mol. The summed E-state index contributed by atoms with van der Waals surface area (Å²) in [6.07, 6.45) is 0.194. The van der Waals surface area contributed by atoms with Gasteiger partial charge in [0.05, 0.1) is 16.1 Å². The van der Waals surface area contributed by atoms with Crippen molar-refractivity contribution in [2.24, 2.45) is 0 Å². The Kier molecular flexibility index (Phi) is 5.99. The van der Waals surface area contributed by atoms with Crippen molar-refractivity contribution in [2.75, 3.05) is 17.9 Å². The number of anilines is 1. The number of sulfonamides is 1. The molecule has 0 spiro atoms. The van der Waals surface area contributed by atoms with Crippen LogP contribution in [0.25, 0.3) is 0 Å².